The van der Waals surface area contributed by atoms with Crippen LogP contribution in [-0.4, -0.2) is 84.9 Å². The van der Waals surface area contributed by atoms with Crippen molar-refractivity contribution in [1.29, 1.82) is 5.41 Å². The molecule has 44 heavy (non-hydrogen) atoms. The number of fused-ring (bicyclic) bond motifs is 1. The van der Waals surface area contributed by atoms with Crippen LogP contribution in [0.3, 0.4) is 0 Å². The second-order valence-electron chi connectivity index (χ2n) is 10.1. The average Bonchev–Trinajstić information content (AvgIpc) is 3.06. The molecule has 0 aliphatic carbocycles. The fourth-order valence-corrected chi connectivity index (χ4v) is 6.19. The maximum atomic E-state index is 13.6. The Labute approximate surface area is 251 Å². The number of aryl methyl sites for hydroxylation is 1. The fourth-order valence-electron chi connectivity index (χ4n) is 4.83. The summed E-state index contributed by atoms with van der Waals surface area (Å²) in [5.41, 5.74) is 7.50. The molecular formula is C27H33F3N6O7S. The number of anilines is 1. The number of sulfonamides is 1. The number of guanidine groups is 1. The lowest BCUT2D eigenvalue weighted by molar-refractivity contribution is -0.192. The van der Waals surface area contributed by atoms with Crippen LogP contribution in [-0.2, 0) is 36.6 Å². The summed E-state index contributed by atoms with van der Waals surface area (Å²) in [6.07, 6.45) is -4.42. The Morgan fingerprint density at radius 1 is 1.07 bits per heavy atom. The highest BCUT2D eigenvalue weighted by Gasteiger charge is 2.38. The van der Waals surface area contributed by atoms with Crippen molar-refractivity contribution in [3.8, 4) is 0 Å². The number of para-hydroxylation sites is 1. The third-order valence-electron chi connectivity index (χ3n) is 6.86. The molecule has 2 aliphatic rings. The van der Waals surface area contributed by atoms with Crippen LogP contribution in [0.4, 0.5) is 18.9 Å². The highest BCUT2D eigenvalue weighted by Crippen LogP contribution is 2.27. The van der Waals surface area contributed by atoms with Crippen molar-refractivity contribution in [2.45, 2.75) is 55.9 Å². The van der Waals surface area contributed by atoms with Gasteiger partial charge in [-0.25, -0.2) is 17.9 Å². The molecule has 0 spiro atoms. The molecule has 1 fully saturated rings. The molecule has 17 heteroatoms. The number of amides is 2. The van der Waals surface area contributed by atoms with Gasteiger partial charge in [-0.3, -0.25) is 15.0 Å². The number of rotatable bonds is 7. The van der Waals surface area contributed by atoms with Crippen LogP contribution in [0.2, 0.25) is 0 Å². The number of carbonyl (C=O) groups is 3. The number of halogens is 3. The zero-order valence-corrected chi connectivity index (χ0v) is 24.1. The van der Waals surface area contributed by atoms with Crippen molar-refractivity contribution in [3.05, 3.63) is 65.7 Å². The third kappa shape index (κ3) is 9.39. The van der Waals surface area contributed by atoms with Gasteiger partial charge < -0.3 is 31.1 Å². The highest BCUT2D eigenvalue weighted by atomic mass is 32.2. The average molecular weight is 643 g/mol. The third-order valence-corrected chi connectivity index (χ3v) is 8.22. The van der Waals surface area contributed by atoms with Gasteiger partial charge in [-0.05, 0) is 42.9 Å². The van der Waals surface area contributed by atoms with Gasteiger partial charge in [0.2, 0.25) is 21.8 Å². The molecule has 2 heterocycles. The Balaban J connectivity index is 0.000000676. The first-order valence-electron chi connectivity index (χ1n) is 13.4. The fraction of sp³-hybridized carbons (Fsp3) is 0.407. The zero-order chi connectivity index (χ0) is 32.7. The van der Waals surface area contributed by atoms with Crippen molar-refractivity contribution >= 4 is 39.5 Å². The van der Waals surface area contributed by atoms with E-state index < -0.39 is 52.3 Å². The van der Waals surface area contributed by atoms with E-state index in [-0.39, 0.29) is 24.7 Å². The minimum atomic E-state index is -5.08. The van der Waals surface area contributed by atoms with Crippen molar-refractivity contribution in [2.75, 3.05) is 18.0 Å². The molecule has 4 rings (SSSR count). The summed E-state index contributed by atoms with van der Waals surface area (Å²) in [6, 6.07) is 14.2. The van der Waals surface area contributed by atoms with Gasteiger partial charge in [0.25, 0.3) is 0 Å². The van der Waals surface area contributed by atoms with Crippen LogP contribution in [0, 0.1) is 5.41 Å². The monoisotopic (exact) mass is 642 g/mol. The number of likely N-dealkylation sites (tertiary alicyclic amines) is 1. The van der Waals surface area contributed by atoms with E-state index >= 15 is 0 Å². The van der Waals surface area contributed by atoms with E-state index in [9.17, 15) is 36.3 Å². The number of piperidine rings is 1. The maximum Gasteiger partial charge on any atom is 0.490 e. The minimum Gasteiger partial charge on any atom is -0.475 e. The number of aliphatic hydroxyl groups excluding tert-OH is 1. The van der Waals surface area contributed by atoms with Gasteiger partial charge >= 0.3 is 12.1 Å². The predicted octanol–water partition coefficient (Wildman–Crippen LogP) is 0.880. The van der Waals surface area contributed by atoms with Gasteiger partial charge in [0, 0.05) is 12.2 Å². The summed E-state index contributed by atoms with van der Waals surface area (Å²) in [7, 11) is -3.84. The van der Waals surface area contributed by atoms with Gasteiger partial charge in [0.05, 0.1) is 11.8 Å². The highest BCUT2D eigenvalue weighted by molar-refractivity contribution is 7.88. The predicted molar refractivity (Wildman–Crippen MR) is 153 cm³/mol. The molecule has 13 nitrogen and oxygen atoms in total. The number of carboxylic acids is 1. The number of nitrogens with zero attached hydrogens (tertiary/aromatic N) is 2. The summed E-state index contributed by atoms with van der Waals surface area (Å²) in [5.74, 6) is -4.34. The van der Waals surface area contributed by atoms with Crippen LogP contribution in [0.1, 0.15) is 30.4 Å². The van der Waals surface area contributed by atoms with Gasteiger partial charge in [-0.2, -0.15) is 13.2 Å². The molecule has 2 amide bonds. The Kier molecular flexibility index (Phi) is 11.3. The molecule has 1 saturated heterocycles. The van der Waals surface area contributed by atoms with Crippen LogP contribution in [0.25, 0.3) is 0 Å². The van der Waals surface area contributed by atoms with Gasteiger partial charge in [-0.15, -0.1) is 0 Å². The van der Waals surface area contributed by atoms with Crippen LogP contribution < -0.4 is 20.7 Å². The first kappa shape index (κ1) is 34.3. The van der Waals surface area contributed by atoms with Gasteiger partial charge in [-0.1, -0.05) is 48.5 Å². The topological polar surface area (TPSA) is 206 Å². The van der Waals surface area contributed by atoms with Crippen LogP contribution >= 0.6 is 0 Å². The molecule has 0 saturated carbocycles. The number of alkyl halides is 3. The molecule has 0 bridgehead atoms. The molecule has 3 atom stereocenters. The summed E-state index contributed by atoms with van der Waals surface area (Å²) in [4.78, 5) is 38.1. The second kappa shape index (κ2) is 14.5. The quantitative estimate of drug-likeness (QED) is 0.187. The smallest absolute Gasteiger partial charge is 0.475 e. The summed E-state index contributed by atoms with van der Waals surface area (Å²) in [5, 5.41) is 28.0. The van der Waals surface area contributed by atoms with Gasteiger partial charge in [0.15, 0.2) is 5.96 Å². The number of benzene rings is 2. The van der Waals surface area contributed by atoms with Crippen LogP contribution in [0.5, 0.6) is 0 Å². The molecule has 240 valence electrons. The molecule has 2 aromatic carbocycles. The number of aliphatic carboxylic acids is 1. The Morgan fingerprint density at radius 2 is 1.68 bits per heavy atom. The first-order valence-corrected chi connectivity index (χ1v) is 15.1. The van der Waals surface area contributed by atoms with E-state index in [0.717, 1.165) is 5.56 Å². The lowest BCUT2D eigenvalue weighted by Gasteiger charge is -2.38. The summed E-state index contributed by atoms with van der Waals surface area (Å²) in [6.45, 7) is 0.0573. The van der Waals surface area contributed by atoms with E-state index in [1.54, 1.807) is 42.5 Å². The maximum absolute atomic E-state index is 13.6. The molecule has 0 aromatic heterocycles. The summed E-state index contributed by atoms with van der Waals surface area (Å²) >= 11 is 0. The van der Waals surface area contributed by atoms with E-state index in [2.05, 4.69) is 10.0 Å². The number of nitrogens with one attached hydrogen (secondary N) is 3. The standard InChI is InChI=1S/C25H32N6O5S.C2HF3O2/c26-25(27)30-14-6-10-19(23(30)33)28-22(32)15-31-21-11-5-4-9-18(21)12-13-20(24(31)34)29-37(35,36)16-17-7-2-1-3-8-17;3-2(4,5)1(6)7/h1-5,7-9,11,19-20,23,29,33H,6,10,12-16H2,(H3,26,27)(H,28,32);(H,6,7)/t19-,20+,23?;/m0./s1. The van der Waals surface area contributed by atoms with Crippen molar-refractivity contribution in [2.24, 2.45) is 5.73 Å². The largest absolute Gasteiger partial charge is 0.490 e. The van der Waals surface area contributed by atoms with E-state index in [1.807, 2.05) is 12.1 Å². The van der Waals surface area contributed by atoms with Crippen molar-refractivity contribution < 1.29 is 46.2 Å². The molecule has 2 aliphatic heterocycles. The molecule has 7 N–H and O–H groups in total. The number of hydrogen-bond donors (Lipinski definition) is 6. The SMILES string of the molecule is N=C(N)N1CCC[C@H](NC(=O)CN2C(=O)[C@H](NS(=O)(=O)Cc3ccccc3)CCc3ccccc32)C1O.O=C(O)C(F)(F)F. The molecular weight excluding hydrogens is 609 g/mol. The molecule has 2 aromatic rings. The Morgan fingerprint density at radius 3 is 2.30 bits per heavy atom. The van der Waals surface area contributed by atoms with Crippen molar-refractivity contribution in [1.82, 2.24) is 14.9 Å². The van der Waals surface area contributed by atoms with Crippen LogP contribution in [0.15, 0.2) is 54.6 Å². The normalized spacial score (nSPS) is 20.5. The molecule has 1 unspecified atom stereocenters. The van der Waals surface area contributed by atoms with Crippen molar-refractivity contribution in [3.63, 3.8) is 0 Å². The lowest BCUT2D eigenvalue weighted by atomic mass is 10.0. The number of hydrogen-bond acceptors (Lipinski definition) is 7. The van der Waals surface area contributed by atoms with Gasteiger partial charge in [0.1, 0.15) is 18.8 Å². The number of aliphatic hydroxyl groups is 1. The van der Waals surface area contributed by atoms with E-state index in [0.29, 0.717) is 37.1 Å². The van der Waals surface area contributed by atoms with E-state index in [1.165, 1.54) is 9.80 Å². The van der Waals surface area contributed by atoms with E-state index in [4.69, 9.17) is 21.0 Å². The number of carbonyl (C=O) groups excluding carboxylic acids is 2. The Bertz CT molecular complexity index is 1460. The first-order chi connectivity index (χ1) is 20.6. The zero-order valence-electron chi connectivity index (χ0n) is 23.3. The minimum absolute atomic E-state index is 0.247. The Hall–Kier alpha value is -4.22. The molecule has 0 radical (unpaired) electrons. The second-order valence-corrected chi connectivity index (χ2v) is 11.9. The number of nitrogens with two attached hydrogens (primary N) is 1. The number of carboxylic acid groups (broad SMARTS) is 1. The summed E-state index contributed by atoms with van der Waals surface area (Å²) < 4.78 is 60.1. The lowest BCUT2D eigenvalue weighted by Crippen LogP contribution is -2.59.